The molecule has 3 nitrogen and oxygen atoms in total. The Bertz CT molecular complexity index is 253. The van der Waals surface area contributed by atoms with Gasteiger partial charge < -0.3 is 14.2 Å². The van der Waals surface area contributed by atoms with Gasteiger partial charge in [0.15, 0.2) is 0 Å². The number of hydrogen-bond acceptors (Lipinski definition) is 3. The van der Waals surface area contributed by atoms with Crippen molar-refractivity contribution in [2.24, 2.45) is 5.41 Å². The van der Waals surface area contributed by atoms with Gasteiger partial charge in [-0.3, -0.25) is 0 Å². The molecule has 3 atom stereocenters. The summed E-state index contributed by atoms with van der Waals surface area (Å²) in [5, 5.41) is 0. The highest BCUT2D eigenvalue weighted by atomic mass is 16.6. The van der Waals surface area contributed by atoms with Gasteiger partial charge in [-0.2, -0.15) is 0 Å². The Kier molecular flexibility index (Phi) is 5.69. The molecule has 105 valence electrons. The van der Waals surface area contributed by atoms with Crippen LogP contribution in [0.2, 0.25) is 6.82 Å². The number of hydrogen-bond donors (Lipinski definition) is 0. The molecular formula is C14H28BO3. The summed E-state index contributed by atoms with van der Waals surface area (Å²) in [5.74, 6) is 0. The van der Waals surface area contributed by atoms with E-state index in [4.69, 9.17) is 14.2 Å². The van der Waals surface area contributed by atoms with E-state index in [-0.39, 0.29) is 35.8 Å². The summed E-state index contributed by atoms with van der Waals surface area (Å²) < 4.78 is 17.9. The molecule has 0 amide bonds. The van der Waals surface area contributed by atoms with Gasteiger partial charge in [-0.05, 0) is 27.7 Å². The molecule has 0 unspecified atom stereocenters. The molecule has 0 aliphatic carbocycles. The highest BCUT2D eigenvalue weighted by Gasteiger charge is 2.50. The van der Waals surface area contributed by atoms with E-state index in [0.717, 1.165) is 0 Å². The topological polar surface area (TPSA) is 27.7 Å². The average Bonchev–Trinajstić information content (AvgIpc) is 2.48. The predicted octanol–water partition coefficient (Wildman–Crippen LogP) is 2.71. The Morgan fingerprint density at radius 1 is 1.17 bits per heavy atom. The van der Waals surface area contributed by atoms with Crippen molar-refractivity contribution in [2.75, 3.05) is 6.61 Å². The molecular weight excluding hydrogens is 227 g/mol. The molecule has 0 bridgehead atoms. The van der Waals surface area contributed by atoms with Gasteiger partial charge in [0, 0.05) is 11.4 Å². The zero-order valence-corrected chi connectivity index (χ0v) is 12.9. The van der Waals surface area contributed by atoms with Crippen LogP contribution in [0.15, 0.2) is 0 Å². The minimum atomic E-state index is -0.00989. The molecule has 0 saturated carbocycles. The van der Waals surface area contributed by atoms with Crippen LogP contribution < -0.4 is 0 Å². The Hall–Kier alpha value is -0.0551. The van der Waals surface area contributed by atoms with E-state index in [1.807, 2.05) is 20.7 Å². The van der Waals surface area contributed by atoms with E-state index in [2.05, 4.69) is 35.0 Å². The molecule has 0 N–H and O–H groups in total. The SMILES string of the molecule is C[B][C@H]1O[C@@H](COC(C)C)[C@@H](OC(C)C)C1(C)C. The van der Waals surface area contributed by atoms with Gasteiger partial charge in [0.2, 0.25) is 0 Å². The molecule has 18 heavy (non-hydrogen) atoms. The minimum Gasteiger partial charge on any atom is -0.378 e. The fourth-order valence-electron chi connectivity index (χ4n) is 2.55. The van der Waals surface area contributed by atoms with E-state index in [9.17, 15) is 0 Å². The summed E-state index contributed by atoms with van der Waals surface area (Å²) in [6, 6.07) is 0.127. The van der Waals surface area contributed by atoms with Crippen LogP contribution >= 0.6 is 0 Å². The molecule has 0 aromatic carbocycles. The zero-order valence-electron chi connectivity index (χ0n) is 12.9. The summed E-state index contributed by atoms with van der Waals surface area (Å²) >= 11 is 0. The summed E-state index contributed by atoms with van der Waals surface area (Å²) in [6.07, 6.45) is 0.527. The third-order valence-electron chi connectivity index (χ3n) is 3.44. The highest BCUT2D eigenvalue weighted by Crippen LogP contribution is 2.40. The third kappa shape index (κ3) is 3.72. The summed E-state index contributed by atoms with van der Waals surface area (Å²) in [4.78, 5) is 0. The van der Waals surface area contributed by atoms with Crippen LogP contribution in [0.3, 0.4) is 0 Å². The summed E-state index contributed by atoms with van der Waals surface area (Å²) in [6.45, 7) is 15.3. The lowest BCUT2D eigenvalue weighted by atomic mass is 9.62. The first kappa shape index (κ1) is 16.0. The maximum atomic E-state index is 6.08. The van der Waals surface area contributed by atoms with Gasteiger partial charge >= 0.3 is 0 Å². The van der Waals surface area contributed by atoms with Crippen molar-refractivity contribution in [1.82, 2.24) is 0 Å². The maximum absolute atomic E-state index is 6.08. The second kappa shape index (κ2) is 6.40. The fourth-order valence-corrected chi connectivity index (χ4v) is 2.55. The van der Waals surface area contributed by atoms with Crippen LogP contribution in [-0.4, -0.2) is 44.3 Å². The molecule has 1 rings (SSSR count). The fraction of sp³-hybridized carbons (Fsp3) is 1.00. The van der Waals surface area contributed by atoms with Crippen molar-refractivity contribution in [3.63, 3.8) is 0 Å². The number of ether oxygens (including phenoxy) is 3. The largest absolute Gasteiger partial charge is 0.378 e. The zero-order chi connectivity index (χ0) is 13.9. The Morgan fingerprint density at radius 3 is 2.22 bits per heavy atom. The first-order valence-corrected chi connectivity index (χ1v) is 7.01. The molecule has 1 fully saturated rings. The Morgan fingerprint density at radius 2 is 1.78 bits per heavy atom. The number of rotatable bonds is 6. The second-order valence-corrected chi connectivity index (χ2v) is 6.24. The third-order valence-corrected chi connectivity index (χ3v) is 3.44. The average molecular weight is 255 g/mol. The molecule has 0 spiro atoms. The Balaban J connectivity index is 2.74. The minimum absolute atomic E-state index is 0.00989. The normalized spacial score (nSPS) is 31.3. The van der Waals surface area contributed by atoms with Crippen molar-refractivity contribution in [3.05, 3.63) is 0 Å². The molecule has 4 heteroatoms. The van der Waals surface area contributed by atoms with Gasteiger partial charge in [-0.1, -0.05) is 20.7 Å². The standard InChI is InChI=1S/C14H28BO3/c1-9(2)16-8-11-12(17-10(3)4)14(5,6)13(15-7)18-11/h9-13H,8H2,1-7H3/t11-,12+,13-/m0/s1. The van der Waals surface area contributed by atoms with E-state index in [1.54, 1.807) is 0 Å². The first-order chi connectivity index (χ1) is 8.28. The van der Waals surface area contributed by atoms with Gasteiger partial charge in [0.25, 0.3) is 0 Å². The molecule has 0 aromatic heterocycles. The summed E-state index contributed by atoms with van der Waals surface area (Å²) in [5.41, 5.74) is -0.00989. The van der Waals surface area contributed by atoms with Crippen LogP contribution in [-0.2, 0) is 14.2 Å². The molecule has 1 radical (unpaired) electrons. The van der Waals surface area contributed by atoms with Crippen LogP contribution in [0.4, 0.5) is 0 Å². The van der Waals surface area contributed by atoms with Gasteiger partial charge in [-0.15, -0.1) is 0 Å². The van der Waals surface area contributed by atoms with Crippen molar-refractivity contribution in [2.45, 2.75) is 78.8 Å². The van der Waals surface area contributed by atoms with Crippen molar-refractivity contribution in [1.29, 1.82) is 0 Å². The van der Waals surface area contributed by atoms with Gasteiger partial charge in [0.1, 0.15) is 13.4 Å². The van der Waals surface area contributed by atoms with E-state index >= 15 is 0 Å². The van der Waals surface area contributed by atoms with Crippen molar-refractivity contribution >= 4 is 7.28 Å². The lowest BCUT2D eigenvalue weighted by molar-refractivity contribution is -0.0924. The van der Waals surface area contributed by atoms with Gasteiger partial charge in [0.05, 0.1) is 24.9 Å². The highest BCUT2D eigenvalue weighted by molar-refractivity contribution is 6.35. The summed E-state index contributed by atoms with van der Waals surface area (Å²) in [7, 11) is 2.12. The molecule has 1 heterocycles. The molecule has 0 aromatic rings. The smallest absolute Gasteiger partial charge is 0.146 e. The molecule has 1 aliphatic rings. The Labute approximate surface area is 113 Å². The van der Waals surface area contributed by atoms with E-state index in [0.29, 0.717) is 6.61 Å². The predicted molar refractivity (Wildman–Crippen MR) is 75.2 cm³/mol. The van der Waals surface area contributed by atoms with E-state index in [1.165, 1.54) is 0 Å². The van der Waals surface area contributed by atoms with E-state index < -0.39 is 0 Å². The van der Waals surface area contributed by atoms with Gasteiger partial charge in [-0.25, -0.2) is 0 Å². The van der Waals surface area contributed by atoms with Crippen molar-refractivity contribution < 1.29 is 14.2 Å². The first-order valence-electron chi connectivity index (χ1n) is 7.01. The lowest BCUT2D eigenvalue weighted by Gasteiger charge is -2.32. The van der Waals surface area contributed by atoms with Crippen LogP contribution in [0.5, 0.6) is 0 Å². The lowest BCUT2D eigenvalue weighted by Crippen LogP contribution is -2.42. The van der Waals surface area contributed by atoms with Crippen LogP contribution in [0.25, 0.3) is 0 Å². The molecule has 1 saturated heterocycles. The van der Waals surface area contributed by atoms with Crippen molar-refractivity contribution in [3.8, 4) is 0 Å². The maximum Gasteiger partial charge on any atom is 0.146 e. The second-order valence-electron chi connectivity index (χ2n) is 6.24. The molecule has 1 aliphatic heterocycles. The van der Waals surface area contributed by atoms with Crippen LogP contribution in [0, 0.1) is 5.41 Å². The monoisotopic (exact) mass is 255 g/mol. The quantitative estimate of drug-likeness (QED) is 0.683. The van der Waals surface area contributed by atoms with Crippen LogP contribution in [0.1, 0.15) is 41.5 Å².